The van der Waals surface area contributed by atoms with Gasteiger partial charge in [0.15, 0.2) is 0 Å². The van der Waals surface area contributed by atoms with Crippen molar-refractivity contribution in [1.29, 1.82) is 0 Å². The van der Waals surface area contributed by atoms with E-state index in [1.54, 1.807) is 0 Å². The number of aromatic nitrogens is 3. The second-order valence-electron chi connectivity index (χ2n) is 9.20. The standard InChI is InChI=1S/C21H33N5O/c27-20(8-5-16-3-4-16)25-13-9-17(10-14-25)21-23-22-19(26(21)18-6-7-18)15-24-11-1-2-12-24/h16-18H,1-15H2. The van der Waals surface area contributed by atoms with Crippen LogP contribution in [0.15, 0.2) is 0 Å². The van der Waals surface area contributed by atoms with Gasteiger partial charge < -0.3 is 9.47 Å². The summed E-state index contributed by atoms with van der Waals surface area (Å²) in [5.74, 6) is 4.07. The zero-order valence-corrected chi connectivity index (χ0v) is 16.5. The Morgan fingerprint density at radius 1 is 0.926 bits per heavy atom. The second-order valence-corrected chi connectivity index (χ2v) is 9.20. The lowest BCUT2D eigenvalue weighted by atomic mass is 9.95. The van der Waals surface area contributed by atoms with Crippen LogP contribution in [0.1, 0.15) is 87.8 Å². The Morgan fingerprint density at radius 2 is 1.67 bits per heavy atom. The lowest BCUT2D eigenvalue weighted by Crippen LogP contribution is -2.38. The van der Waals surface area contributed by atoms with Gasteiger partial charge in [0.05, 0.1) is 6.54 Å². The van der Waals surface area contributed by atoms with Gasteiger partial charge in [-0.05, 0) is 64.0 Å². The topological polar surface area (TPSA) is 54.3 Å². The predicted molar refractivity (Wildman–Crippen MR) is 103 cm³/mol. The molecule has 0 spiro atoms. The summed E-state index contributed by atoms with van der Waals surface area (Å²) < 4.78 is 2.48. The highest BCUT2D eigenvalue weighted by molar-refractivity contribution is 5.76. The monoisotopic (exact) mass is 371 g/mol. The van der Waals surface area contributed by atoms with Crippen LogP contribution in [0.3, 0.4) is 0 Å². The van der Waals surface area contributed by atoms with Gasteiger partial charge in [-0.3, -0.25) is 9.69 Å². The van der Waals surface area contributed by atoms with Gasteiger partial charge in [-0.25, -0.2) is 0 Å². The van der Waals surface area contributed by atoms with E-state index in [1.807, 2.05) is 0 Å². The van der Waals surface area contributed by atoms with Crippen LogP contribution in [0, 0.1) is 5.92 Å². The van der Waals surface area contributed by atoms with Gasteiger partial charge >= 0.3 is 0 Å². The van der Waals surface area contributed by atoms with Gasteiger partial charge in [0.1, 0.15) is 11.6 Å². The maximum atomic E-state index is 12.4. The highest BCUT2D eigenvalue weighted by Gasteiger charge is 2.34. The lowest BCUT2D eigenvalue weighted by molar-refractivity contribution is -0.132. The Hall–Kier alpha value is -1.43. The number of hydrogen-bond donors (Lipinski definition) is 0. The van der Waals surface area contributed by atoms with Crippen molar-refractivity contribution in [3.8, 4) is 0 Å². The molecule has 0 N–H and O–H groups in total. The first-order valence-electron chi connectivity index (χ1n) is 11.2. The fourth-order valence-corrected chi connectivity index (χ4v) is 4.87. The number of piperidine rings is 1. The molecule has 2 aliphatic heterocycles. The summed E-state index contributed by atoms with van der Waals surface area (Å²) in [6.07, 6.45) is 11.8. The van der Waals surface area contributed by atoms with Crippen LogP contribution in [-0.4, -0.2) is 56.7 Å². The van der Waals surface area contributed by atoms with Crippen molar-refractivity contribution in [2.75, 3.05) is 26.2 Å². The first-order valence-corrected chi connectivity index (χ1v) is 11.2. The fourth-order valence-electron chi connectivity index (χ4n) is 4.87. The van der Waals surface area contributed by atoms with Crippen LogP contribution < -0.4 is 0 Å². The van der Waals surface area contributed by atoms with Crippen molar-refractivity contribution < 1.29 is 4.79 Å². The number of hydrogen-bond acceptors (Lipinski definition) is 4. The van der Waals surface area contributed by atoms with E-state index in [9.17, 15) is 4.79 Å². The van der Waals surface area contributed by atoms with Crippen molar-refractivity contribution in [3.05, 3.63) is 11.6 Å². The summed E-state index contributed by atoms with van der Waals surface area (Å²) in [5.41, 5.74) is 0. The minimum absolute atomic E-state index is 0.374. The minimum atomic E-state index is 0.374. The van der Waals surface area contributed by atoms with Crippen molar-refractivity contribution in [2.24, 2.45) is 5.92 Å². The molecule has 0 atom stereocenters. The van der Waals surface area contributed by atoms with Gasteiger partial charge in [-0.15, -0.1) is 10.2 Å². The van der Waals surface area contributed by atoms with Crippen molar-refractivity contribution in [2.45, 2.75) is 82.7 Å². The maximum Gasteiger partial charge on any atom is 0.222 e. The normalized spacial score (nSPS) is 24.7. The highest BCUT2D eigenvalue weighted by Crippen LogP contribution is 2.40. The van der Waals surface area contributed by atoms with Crippen LogP contribution in [0.25, 0.3) is 0 Å². The zero-order chi connectivity index (χ0) is 18.2. The third-order valence-electron chi connectivity index (χ3n) is 6.94. The molecule has 5 rings (SSSR count). The molecular formula is C21H33N5O. The van der Waals surface area contributed by atoms with Crippen molar-refractivity contribution >= 4 is 5.91 Å². The molecule has 0 bridgehead atoms. The van der Waals surface area contributed by atoms with E-state index in [2.05, 4.69) is 24.6 Å². The molecule has 0 radical (unpaired) electrons. The van der Waals surface area contributed by atoms with E-state index in [0.29, 0.717) is 17.9 Å². The van der Waals surface area contributed by atoms with E-state index in [1.165, 1.54) is 63.3 Å². The molecule has 1 aromatic heterocycles. The largest absolute Gasteiger partial charge is 0.343 e. The van der Waals surface area contributed by atoms with Crippen LogP contribution in [0.5, 0.6) is 0 Å². The number of nitrogens with zero attached hydrogens (tertiary/aromatic N) is 5. The molecule has 6 heteroatoms. The van der Waals surface area contributed by atoms with Crippen LogP contribution in [-0.2, 0) is 11.3 Å². The Labute approximate surface area is 162 Å². The summed E-state index contributed by atoms with van der Waals surface area (Å²) in [4.78, 5) is 17.1. The number of likely N-dealkylation sites (tertiary alicyclic amines) is 2. The van der Waals surface area contributed by atoms with E-state index >= 15 is 0 Å². The molecule has 1 aromatic rings. The average Bonchev–Trinajstić information content (AvgIpc) is 3.62. The molecular weight excluding hydrogens is 338 g/mol. The zero-order valence-electron chi connectivity index (χ0n) is 16.5. The third-order valence-corrected chi connectivity index (χ3v) is 6.94. The Bertz CT molecular complexity index is 664. The van der Waals surface area contributed by atoms with Crippen molar-refractivity contribution in [1.82, 2.24) is 24.6 Å². The number of amides is 1. The molecule has 0 unspecified atom stereocenters. The molecule has 148 valence electrons. The molecule has 4 aliphatic rings. The smallest absolute Gasteiger partial charge is 0.222 e. The minimum Gasteiger partial charge on any atom is -0.343 e. The van der Waals surface area contributed by atoms with E-state index in [4.69, 9.17) is 0 Å². The molecule has 6 nitrogen and oxygen atoms in total. The Morgan fingerprint density at radius 3 is 2.33 bits per heavy atom. The van der Waals surface area contributed by atoms with E-state index in [-0.39, 0.29) is 0 Å². The highest BCUT2D eigenvalue weighted by atomic mass is 16.2. The van der Waals surface area contributed by atoms with Crippen LogP contribution in [0.4, 0.5) is 0 Å². The summed E-state index contributed by atoms with van der Waals surface area (Å²) in [7, 11) is 0. The lowest BCUT2D eigenvalue weighted by Gasteiger charge is -2.32. The number of rotatable bonds is 7. The molecule has 2 saturated carbocycles. The second kappa shape index (κ2) is 7.53. The summed E-state index contributed by atoms with van der Waals surface area (Å²) >= 11 is 0. The SMILES string of the molecule is O=C(CCC1CC1)N1CCC(c2nnc(CN3CCCC3)n2C2CC2)CC1. The fraction of sp³-hybridized carbons (Fsp3) is 0.857. The van der Waals surface area contributed by atoms with Gasteiger partial charge in [0.2, 0.25) is 5.91 Å². The first-order chi connectivity index (χ1) is 13.3. The van der Waals surface area contributed by atoms with Gasteiger partial charge in [-0.1, -0.05) is 12.8 Å². The molecule has 27 heavy (non-hydrogen) atoms. The quantitative estimate of drug-likeness (QED) is 0.739. The first kappa shape index (κ1) is 17.7. The molecule has 2 aliphatic carbocycles. The maximum absolute atomic E-state index is 12.4. The molecule has 4 fully saturated rings. The average molecular weight is 372 g/mol. The van der Waals surface area contributed by atoms with Gasteiger partial charge in [-0.2, -0.15) is 0 Å². The van der Waals surface area contributed by atoms with Crippen molar-refractivity contribution in [3.63, 3.8) is 0 Å². The van der Waals surface area contributed by atoms with Crippen LogP contribution >= 0.6 is 0 Å². The van der Waals surface area contributed by atoms with E-state index < -0.39 is 0 Å². The van der Waals surface area contributed by atoms with Gasteiger partial charge in [0.25, 0.3) is 0 Å². The summed E-state index contributed by atoms with van der Waals surface area (Å²) in [6, 6.07) is 0.630. The third kappa shape index (κ3) is 4.05. The number of carbonyl (C=O) groups is 1. The predicted octanol–water partition coefficient (Wildman–Crippen LogP) is 3.11. The Kier molecular flexibility index (Phi) is 4.92. The van der Waals surface area contributed by atoms with Gasteiger partial charge in [0, 0.05) is 31.5 Å². The Balaban J connectivity index is 1.21. The molecule has 0 aromatic carbocycles. The molecule has 3 heterocycles. The summed E-state index contributed by atoms with van der Waals surface area (Å²) in [5, 5.41) is 9.28. The van der Waals surface area contributed by atoms with E-state index in [0.717, 1.165) is 51.2 Å². The van der Waals surface area contributed by atoms with Crippen LogP contribution in [0.2, 0.25) is 0 Å². The molecule has 1 amide bonds. The summed E-state index contributed by atoms with van der Waals surface area (Å²) in [6.45, 7) is 5.16. The number of carbonyl (C=O) groups excluding carboxylic acids is 1. The molecule has 2 saturated heterocycles.